The number of hydrazone groups is 1. The Morgan fingerprint density at radius 1 is 1.00 bits per heavy atom. The molecule has 1 atom stereocenters. The molecular formula is C20H22Br2FN2O+. The first-order valence-electron chi connectivity index (χ1n) is 8.73. The van der Waals surface area contributed by atoms with Gasteiger partial charge < -0.3 is 5.11 Å². The molecule has 1 fully saturated rings. The van der Waals surface area contributed by atoms with Crippen LogP contribution in [-0.4, -0.2) is 33.6 Å². The summed E-state index contributed by atoms with van der Waals surface area (Å²) in [4.78, 5) is 0. The Bertz CT molecular complexity index is 808. The van der Waals surface area contributed by atoms with Crippen LogP contribution in [0.5, 0.6) is 0 Å². The molecule has 3 nitrogen and oxygen atoms in total. The third-order valence-electron chi connectivity index (χ3n) is 5.17. The third kappa shape index (κ3) is 3.47. The molecule has 0 aliphatic carbocycles. The first-order chi connectivity index (χ1) is 12.1. The van der Waals surface area contributed by atoms with Crippen molar-refractivity contribution in [2.45, 2.75) is 31.4 Å². The van der Waals surface area contributed by atoms with Crippen LogP contribution in [-0.2, 0) is 5.72 Å². The van der Waals surface area contributed by atoms with Crippen LogP contribution in [0, 0.1) is 5.82 Å². The number of nitrogens with zero attached hydrogens (tertiary/aromatic N) is 2. The van der Waals surface area contributed by atoms with Crippen molar-refractivity contribution in [1.29, 1.82) is 0 Å². The molecule has 2 heterocycles. The molecule has 138 valence electrons. The van der Waals surface area contributed by atoms with E-state index in [-0.39, 0.29) is 22.8 Å². The van der Waals surface area contributed by atoms with Crippen LogP contribution in [0.1, 0.15) is 36.8 Å². The van der Waals surface area contributed by atoms with Gasteiger partial charge in [0.2, 0.25) is 11.4 Å². The predicted octanol–water partition coefficient (Wildman–Crippen LogP) is 4.62. The normalized spacial score (nSPS) is 22.7. The fraction of sp³-hybridized carbons (Fsp3) is 0.350. The molecule has 0 amide bonds. The third-order valence-corrected chi connectivity index (χ3v) is 5.70. The van der Waals surface area contributed by atoms with Crippen molar-refractivity contribution < 1.29 is 14.2 Å². The molecule has 0 aromatic heterocycles. The zero-order valence-electron chi connectivity index (χ0n) is 14.4. The van der Waals surface area contributed by atoms with Gasteiger partial charge in [-0.15, -0.1) is 26.7 Å². The van der Waals surface area contributed by atoms with Crippen molar-refractivity contribution in [3.8, 4) is 0 Å². The van der Waals surface area contributed by atoms with Crippen LogP contribution in [0.25, 0.3) is 0 Å². The largest absolute Gasteiger partial charge is 0.362 e. The minimum Gasteiger partial charge on any atom is -0.362 e. The van der Waals surface area contributed by atoms with Gasteiger partial charge in [0.15, 0.2) is 6.54 Å². The van der Waals surface area contributed by atoms with Gasteiger partial charge in [0.05, 0.1) is 13.0 Å². The summed E-state index contributed by atoms with van der Waals surface area (Å²) in [6.07, 6.45) is 3.81. The van der Waals surface area contributed by atoms with Crippen LogP contribution >= 0.6 is 32.9 Å². The van der Waals surface area contributed by atoms with Crippen molar-refractivity contribution in [2.24, 2.45) is 0 Å². The van der Waals surface area contributed by atoms with Gasteiger partial charge in [-0.3, -0.25) is 0 Å². The highest BCUT2D eigenvalue weighted by Gasteiger charge is 2.52. The Hall–Kier alpha value is -1.24. The number of aliphatic hydroxyl groups is 1. The van der Waals surface area contributed by atoms with Crippen molar-refractivity contribution in [3.05, 3.63) is 69.9 Å². The monoisotopic (exact) mass is 483 g/mol. The minimum absolute atomic E-state index is 0. The highest BCUT2D eigenvalue weighted by molar-refractivity contribution is 9.10. The fourth-order valence-corrected chi connectivity index (χ4v) is 4.15. The first-order valence-corrected chi connectivity index (χ1v) is 9.52. The molecule has 1 N–H and O–H groups in total. The molecule has 2 aliphatic rings. The van der Waals surface area contributed by atoms with Crippen LogP contribution in [0.2, 0.25) is 0 Å². The molecule has 1 unspecified atom stereocenters. The van der Waals surface area contributed by atoms with E-state index in [1.165, 1.54) is 12.1 Å². The van der Waals surface area contributed by atoms with Gasteiger partial charge in [0.1, 0.15) is 5.82 Å². The second-order valence-electron chi connectivity index (χ2n) is 6.76. The topological polar surface area (TPSA) is 26.5 Å². The number of hydrogen-bond donors (Lipinski definition) is 1. The van der Waals surface area contributed by atoms with Gasteiger partial charge in [-0.25, -0.2) is 4.39 Å². The molecule has 4 rings (SSSR count). The average molecular weight is 485 g/mol. The summed E-state index contributed by atoms with van der Waals surface area (Å²) in [5.74, 6) is -0.238. The average Bonchev–Trinajstić information content (AvgIpc) is 2.78. The maximum atomic E-state index is 13.3. The van der Waals surface area contributed by atoms with E-state index < -0.39 is 5.72 Å². The van der Waals surface area contributed by atoms with Crippen molar-refractivity contribution >= 4 is 38.6 Å². The van der Waals surface area contributed by atoms with Crippen LogP contribution < -0.4 is 0 Å². The fourth-order valence-electron chi connectivity index (χ4n) is 3.88. The lowest BCUT2D eigenvalue weighted by molar-refractivity contribution is -0.706. The van der Waals surface area contributed by atoms with Gasteiger partial charge in [-0.05, 0) is 49.2 Å². The van der Waals surface area contributed by atoms with Gasteiger partial charge in [0.25, 0.3) is 0 Å². The highest BCUT2D eigenvalue weighted by atomic mass is 79.9. The highest BCUT2D eigenvalue weighted by Crippen LogP contribution is 2.38. The Labute approximate surface area is 172 Å². The lowest BCUT2D eigenvalue weighted by Gasteiger charge is -2.30. The number of hydrazine groups is 1. The molecule has 0 radical (unpaired) electrons. The number of fused-ring (bicyclic) bond motifs is 1. The Kier molecular flexibility index (Phi) is 5.85. The number of halogens is 3. The van der Waals surface area contributed by atoms with Crippen molar-refractivity contribution in [3.63, 3.8) is 0 Å². The quantitative estimate of drug-likeness (QED) is 0.629. The Balaban J connectivity index is 0.00000196. The number of rotatable bonds is 2. The summed E-state index contributed by atoms with van der Waals surface area (Å²) in [6.45, 7) is 1.70. The summed E-state index contributed by atoms with van der Waals surface area (Å²) < 4.78 is 16.5. The molecule has 1 saturated heterocycles. The lowest BCUT2D eigenvalue weighted by Crippen LogP contribution is -2.46. The maximum Gasteiger partial charge on any atom is 0.225 e. The number of hydrogen-bond acceptors (Lipinski definition) is 2. The molecule has 26 heavy (non-hydrogen) atoms. The minimum atomic E-state index is -1.06. The van der Waals surface area contributed by atoms with Gasteiger partial charge in [0, 0.05) is 22.0 Å². The zero-order chi connectivity index (χ0) is 17.4. The van der Waals surface area contributed by atoms with E-state index in [4.69, 9.17) is 0 Å². The molecule has 2 aromatic rings. The van der Waals surface area contributed by atoms with Gasteiger partial charge in [-0.2, -0.15) is 0 Å². The second kappa shape index (κ2) is 7.79. The summed E-state index contributed by atoms with van der Waals surface area (Å²) in [7, 11) is 0. The lowest BCUT2D eigenvalue weighted by atomic mass is 9.94. The smallest absolute Gasteiger partial charge is 0.225 e. The van der Waals surface area contributed by atoms with E-state index in [1.807, 2.05) is 24.3 Å². The SMILES string of the molecule is Br.OC1(c2ccc(Br)cc2)CC(c2ccc(F)cc2)=[N+]2CCCCCN21. The standard InChI is InChI=1S/C20H21BrFN2O.BrH/c21-17-8-6-16(7-9-17)20(25)14-19(15-4-10-18(22)11-5-15)23-12-2-1-3-13-24(20)23;/h4-11,25H,1-3,12-14H2;1H/q+1;. The molecule has 2 aromatic carbocycles. The number of benzene rings is 2. The van der Waals surface area contributed by atoms with E-state index in [9.17, 15) is 9.50 Å². The van der Waals surface area contributed by atoms with E-state index in [0.29, 0.717) is 6.42 Å². The van der Waals surface area contributed by atoms with Gasteiger partial charge in [-0.1, -0.05) is 28.1 Å². The molecule has 0 saturated carbocycles. The molecule has 0 spiro atoms. The van der Waals surface area contributed by atoms with Crippen LogP contribution in [0.3, 0.4) is 0 Å². The summed E-state index contributed by atoms with van der Waals surface area (Å²) in [5.41, 5.74) is 1.86. The van der Waals surface area contributed by atoms with E-state index in [2.05, 4.69) is 25.6 Å². The molecule has 0 bridgehead atoms. The summed E-state index contributed by atoms with van der Waals surface area (Å²) >= 11 is 3.46. The summed E-state index contributed by atoms with van der Waals surface area (Å²) in [6, 6.07) is 14.5. The van der Waals surface area contributed by atoms with E-state index in [1.54, 1.807) is 12.1 Å². The van der Waals surface area contributed by atoms with Crippen LogP contribution in [0.15, 0.2) is 53.0 Å². The second-order valence-corrected chi connectivity index (χ2v) is 7.68. The van der Waals surface area contributed by atoms with E-state index in [0.717, 1.165) is 53.7 Å². The zero-order valence-corrected chi connectivity index (χ0v) is 17.7. The molecule has 2 aliphatic heterocycles. The van der Waals surface area contributed by atoms with Crippen molar-refractivity contribution in [1.82, 2.24) is 5.01 Å². The Morgan fingerprint density at radius 2 is 1.69 bits per heavy atom. The Morgan fingerprint density at radius 3 is 2.38 bits per heavy atom. The van der Waals surface area contributed by atoms with Crippen molar-refractivity contribution in [2.75, 3.05) is 13.1 Å². The summed E-state index contributed by atoms with van der Waals surface area (Å²) in [5, 5.41) is 13.7. The maximum absolute atomic E-state index is 13.3. The molecular weight excluding hydrogens is 463 g/mol. The first kappa shape index (κ1) is 19.5. The molecule has 6 heteroatoms. The van der Waals surface area contributed by atoms with Gasteiger partial charge >= 0.3 is 0 Å². The predicted molar refractivity (Wildman–Crippen MR) is 109 cm³/mol. The van der Waals surface area contributed by atoms with Crippen LogP contribution in [0.4, 0.5) is 4.39 Å². The van der Waals surface area contributed by atoms with E-state index >= 15 is 0 Å².